The Kier molecular flexibility index (Phi) is 9.11. The van der Waals surface area contributed by atoms with E-state index in [9.17, 15) is 14.4 Å². The lowest BCUT2D eigenvalue weighted by atomic mass is 10.1. The number of nitrogens with zero attached hydrogens (tertiary/aromatic N) is 1. The Morgan fingerprint density at radius 1 is 1.38 bits per heavy atom. The molecule has 1 unspecified atom stereocenters. The lowest BCUT2D eigenvalue weighted by molar-refractivity contribution is -0.139. The van der Waals surface area contributed by atoms with Crippen LogP contribution in [0.5, 0.6) is 0 Å². The number of carbonyl (C=O) groups excluding carboxylic acids is 2. The van der Waals surface area contributed by atoms with Crippen LogP contribution in [0.2, 0.25) is 0 Å². The van der Waals surface area contributed by atoms with Crippen molar-refractivity contribution in [2.75, 3.05) is 20.3 Å². The first-order valence-corrected chi connectivity index (χ1v) is 6.90. The van der Waals surface area contributed by atoms with E-state index in [0.717, 1.165) is 6.42 Å². The standard InChI is InChI=1S/C13H25N3O5/c1-4-9(2)16(7-8-21-3)13(20)15-10(12(18)19)5-6-11(14)17/h9-10H,4-8H2,1-3H3,(H2,14,17)(H,15,20)(H,18,19)/t9?,10-/m1/s1. The van der Waals surface area contributed by atoms with Gasteiger partial charge in [-0.05, 0) is 19.8 Å². The Balaban J connectivity index is 4.73. The maximum absolute atomic E-state index is 12.2. The monoisotopic (exact) mass is 303 g/mol. The van der Waals surface area contributed by atoms with Gasteiger partial charge in [0.05, 0.1) is 6.61 Å². The van der Waals surface area contributed by atoms with E-state index >= 15 is 0 Å². The zero-order chi connectivity index (χ0) is 16.4. The number of urea groups is 1. The van der Waals surface area contributed by atoms with Gasteiger partial charge in [-0.3, -0.25) is 4.79 Å². The number of hydrogen-bond donors (Lipinski definition) is 3. The van der Waals surface area contributed by atoms with E-state index in [2.05, 4.69) is 5.32 Å². The summed E-state index contributed by atoms with van der Waals surface area (Å²) in [5.74, 6) is -1.80. The van der Waals surface area contributed by atoms with Crippen LogP contribution < -0.4 is 11.1 Å². The molecule has 0 rings (SSSR count). The van der Waals surface area contributed by atoms with Crippen LogP contribution in [0.25, 0.3) is 0 Å². The first-order chi connectivity index (χ1) is 9.83. The number of primary amides is 1. The van der Waals surface area contributed by atoms with Crippen LogP contribution in [0.1, 0.15) is 33.1 Å². The Labute approximate surface area is 124 Å². The zero-order valence-corrected chi connectivity index (χ0v) is 12.8. The molecule has 0 aromatic carbocycles. The van der Waals surface area contributed by atoms with Crippen molar-refractivity contribution < 1.29 is 24.2 Å². The van der Waals surface area contributed by atoms with Crippen molar-refractivity contribution in [3.8, 4) is 0 Å². The Morgan fingerprint density at radius 2 is 2.00 bits per heavy atom. The summed E-state index contributed by atoms with van der Waals surface area (Å²) in [5, 5.41) is 11.5. The molecule has 0 aliphatic carbocycles. The molecular formula is C13H25N3O5. The van der Waals surface area contributed by atoms with E-state index in [1.165, 1.54) is 12.0 Å². The topological polar surface area (TPSA) is 122 Å². The third-order valence-electron chi connectivity index (χ3n) is 3.20. The molecule has 0 aliphatic heterocycles. The quantitative estimate of drug-likeness (QED) is 0.530. The largest absolute Gasteiger partial charge is 0.480 e. The maximum Gasteiger partial charge on any atom is 0.326 e. The number of carbonyl (C=O) groups is 3. The van der Waals surface area contributed by atoms with Crippen LogP contribution in [-0.4, -0.2) is 60.3 Å². The first-order valence-electron chi connectivity index (χ1n) is 6.90. The number of nitrogens with one attached hydrogen (secondary N) is 1. The van der Waals surface area contributed by atoms with Gasteiger partial charge < -0.3 is 25.8 Å². The predicted octanol–water partition coefficient (Wildman–Crippen LogP) is 0.162. The molecule has 8 nitrogen and oxygen atoms in total. The third kappa shape index (κ3) is 7.50. The highest BCUT2D eigenvalue weighted by molar-refractivity contribution is 5.83. The number of hydrogen-bond acceptors (Lipinski definition) is 4. The van der Waals surface area contributed by atoms with Crippen LogP contribution in [-0.2, 0) is 14.3 Å². The third-order valence-corrected chi connectivity index (χ3v) is 3.20. The first kappa shape index (κ1) is 19.2. The van der Waals surface area contributed by atoms with Crippen molar-refractivity contribution in [3.63, 3.8) is 0 Å². The summed E-state index contributed by atoms with van der Waals surface area (Å²) >= 11 is 0. The van der Waals surface area contributed by atoms with Crippen LogP contribution in [0, 0.1) is 0 Å². The summed E-state index contributed by atoms with van der Waals surface area (Å²) in [4.78, 5) is 35.6. The number of carboxylic acids is 1. The molecule has 21 heavy (non-hydrogen) atoms. The highest BCUT2D eigenvalue weighted by Crippen LogP contribution is 2.06. The molecule has 8 heteroatoms. The van der Waals surface area contributed by atoms with Gasteiger partial charge in [-0.25, -0.2) is 9.59 Å². The van der Waals surface area contributed by atoms with Crippen LogP contribution in [0.4, 0.5) is 4.79 Å². The second-order valence-electron chi connectivity index (χ2n) is 4.79. The number of methoxy groups -OCH3 is 1. The molecule has 0 radical (unpaired) electrons. The zero-order valence-electron chi connectivity index (χ0n) is 12.8. The van der Waals surface area contributed by atoms with Crippen molar-refractivity contribution >= 4 is 17.9 Å². The minimum atomic E-state index is -1.19. The predicted molar refractivity (Wildman–Crippen MR) is 76.7 cm³/mol. The van der Waals surface area contributed by atoms with E-state index in [0.29, 0.717) is 13.2 Å². The number of carboxylic acid groups (broad SMARTS) is 1. The molecule has 0 aromatic heterocycles. The average Bonchev–Trinajstić information content (AvgIpc) is 2.42. The van der Waals surface area contributed by atoms with Gasteiger partial charge in [-0.15, -0.1) is 0 Å². The molecule has 0 heterocycles. The highest BCUT2D eigenvalue weighted by atomic mass is 16.5. The Hall–Kier alpha value is -1.83. The van der Waals surface area contributed by atoms with Crippen molar-refractivity contribution in [1.29, 1.82) is 0 Å². The molecule has 0 bridgehead atoms. The van der Waals surface area contributed by atoms with E-state index in [1.54, 1.807) is 0 Å². The van der Waals surface area contributed by atoms with Crippen LogP contribution >= 0.6 is 0 Å². The summed E-state index contributed by atoms with van der Waals surface area (Å²) in [5.41, 5.74) is 5.00. The Bertz CT molecular complexity index is 362. The molecule has 4 N–H and O–H groups in total. The molecule has 3 amide bonds. The number of ether oxygens (including phenoxy) is 1. The molecule has 0 fully saturated rings. The summed E-state index contributed by atoms with van der Waals surface area (Å²) in [6.07, 6.45) is 0.601. The smallest absolute Gasteiger partial charge is 0.326 e. The van der Waals surface area contributed by atoms with E-state index in [-0.39, 0.29) is 18.9 Å². The summed E-state index contributed by atoms with van der Waals surface area (Å²) in [6, 6.07) is -1.68. The van der Waals surface area contributed by atoms with Crippen molar-refractivity contribution in [2.24, 2.45) is 5.73 Å². The molecule has 0 aliphatic rings. The fraction of sp³-hybridized carbons (Fsp3) is 0.769. The van der Waals surface area contributed by atoms with Gasteiger partial charge in [-0.2, -0.15) is 0 Å². The van der Waals surface area contributed by atoms with Gasteiger partial charge in [0.15, 0.2) is 0 Å². The van der Waals surface area contributed by atoms with Crippen LogP contribution in [0.15, 0.2) is 0 Å². The lowest BCUT2D eigenvalue weighted by Gasteiger charge is -2.29. The maximum atomic E-state index is 12.2. The van der Waals surface area contributed by atoms with E-state index in [4.69, 9.17) is 15.6 Å². The number of aliphatic carboxylic acids is 1. The molecule has 0 saturated carbocycles. The highest BCUT2D eigenvalue weighted by Gasteiger charge is 2.25. The van der Waals surface area contributed by atoms with Crippen molar-refractivity contribution in [3.05, 3.63) is 0 Å². The molecule has 0 saturated heterocycles. The second kappa shape index (κ2) is 9.98. The van der Waals surface area contributed by atoms with Gasteiger partial charge in [0.2, 0.25) is 5.91 Å². The number of amides is 3. The normalized spacial score (nSPS) is 13.3. The van der Waals surface area contributed by atoms with Gasteiger partial charge in [0, 0.05) is 26.1 Å². The average molecular weight is 303 g/mol. The summed E-state index contributed by atoms with van der Waals surface area (Å²) in [7, 11) is 1.53. The Morgan fingerprint density at radius 3 is 2.43 bits per heavy atom. The van der Waals surface area contributed by atoms with Gasteiger partial charge >= 0.3 is 12.0 Å². The molecule has 122 valence electrons. The number of nitrogens with two attached hydrogens (primary N) is 1. The SMILES string of the molecule is CCC(C)N(CCOC)C(=O)N[C@H](CCC(N)=O)C(=O)O. The van der Waals surface area contributed by atoms with Gasteiger partial charge in [0.25, 0.3) is 0 Å². The fourth-order valence-corrected chi connectivity index (χ4v) is 1.71. The molecule has 0 aromatic rings. The van der Waals surface area contributed by atoms with Gasteiger partial charge in [-0.1, -0.05) is 6.92 Å². The van der Waals surface area contributed by atoms with Crippen molar-refractivity contribution in [2.45, 2.75) is 45.2 Å². The second-order valence-corrected chi connectivity index (χ2v) is 4.79. The number of rotatable bonds is 10. The molecule has 0 spiro atoms. The minimum absolute atomic E-state index is 0.0327. The van der Waals surface area contributed by atoms with E-state index < -0.39 is 23.9 Å². The van der Waals surface area contributed by atoms with E-state index in [1.807, 2.05) is 13.8 Å². The molecule has 2 atom stereocenters. The van der Waals surface area contributed by atoms with Gasteiger partial charge in [0.1, 0.15) is 6.04 Å². The molecular weight excluding hydrogens is 278 g/mol. The fourth-order valence-electron chi connectivity index (χ4n) is 1.71. The van der Waals surface area contributed by atoms with Crippen LogP contribution in [0.3, 0.4) is 0 Å². The van der Waals surface area contributed by atoms with Crippen molar-refractivity contribution in [1.82, 2.24) is 10.2 Å². The lowest BCUT2D eigenvalue weighted by Crippen LogP contribution is -2.51. The summed E-state index contributed by atoms with van der Waals surface area (Å²) in [6.45, 7) is 4.52. The minimum Gasteiger partial charge on any atom is -0.480 e. The summed E-state index contributed by atoms with van der Waals surface area (Å²) < 4.78 is 4.95.